The molecule has 15 heavy (non-hydrogen) atoms. The van der Waals surface area contributed by atoms with Crippen LogP contribution >= 0.6 is 0 Å². The van der Waals surface area contributed by atoms with Gasteiger partial charge in [0.15, 0.2) is 0 Å². The monoisotopic (exact) mass is 375 g/mol. The molecule has 0 aliphatic carbocycles. The summed E-state index contributed by atoms with van der Waals surface area (Å²) >= 11 is 0. The van der Waals surface area contributed by atoms with Gasteiger partial charge in [0.2, 0.25) is 0 Å². The Morgan fingerprint density at radius 3 is 2.47 bits per heavy atom. The van der Waals surface area contributed by atoms with Crippen LogP contribution in [0.3, 0.4) is 0 Å². The summed E-state index contributed by atoms with van der Waals surface area (Å²) in [5.41, 5.74) is 4.50. The van der Waals surface area contributed by atoms with Crippen LogP contribution in [0, 0.1) is 19.9 Å². The molecule has 1 nitrogen and oxygen atoms in total. The number of hydrogen-bond donors (Lipinski definition) is 0. The maximum atomic E-state index is 4.31. The predicted molar refractivity (Wildman–Crippen MR) is 58.0 cm³/mol. The van der Waals surface area contributed by atoms with Gasteiger partial charge in [-0.2, -0.15) is 0 Å². The smallest absolute Gasteiger partial charge is 0.0163 e. The minimum Gasteiger partial charge on any atom is -0.305 e. The molecule has 1 heterocycles. The van der Waals surface area contributed by atoms with Crippen molar-refractivity contribution in [1.82, 2.24) is 4.98 Å². The molecule has 1 aromatic carbocycles. The molecule has 2 aromatic rings. The summed E-state index contributed by atoms with van der Waals surface area (Å²) in [5, 5.41) is 0. The van der Waals surface area contributed by atoms with Crippen LogP contribution in [0.25, 0.3) is 11.3 Å². The summed E-state index contributed by atoms with van der Waals surface area (Å²) in [5.74, 6) is 0. The van der Waals surface area contributed by atoms with E-state index in [0.717, 1.165) is 11.3 Å². The van der Waals surface area contributed by atoms with Crippen LogP contribution in [0.15, 0.2) is 36.5 Å². The number of hydrogen-bond acceptors (Lipinski definition) is 1. The van der Waals surface area contributed by atoms with Crippen LogP contribution in [0.1, 0.15) is 11.1 Å². The second-order valence-corrected chi connectivity index (χ2v) is 3.50. The van der Waals surface area contributed by atoms with E-state index in [1.165, 1.54) is 11.1 Å². The van der Waals surface area contributed by atoms with Crippen molar-refractivity contribution in [2.75, 3.05) is 0 Å². The zero-order valence-corrected chi connectivity index (χ0v) is 11.1. The first-order valence-electron chi connectivity index (χ1n) is 4.67. The second kappa shape index (κ2) is 5.20. The van der Waals surface area contributed by atoms with Crippen molar-refractivity contribution in [3.05, 3.63) is 53.7 Å². The molecule has 0 saturated heterocycles. The molecule has 0 unspecified atom stereocenters. The van der Waals surface area contributed by atoms with Gasteiger partial charge in [-0.05, 0) is 18.7 Å². The molecule has 1 radical (unpaired) electrons. The van der Waals surface area contributed by atoms with E-state index in [9.17, 15) is 0 Å². The Morgan fingerprint density at radius 1 is 1.07 bits per heavy atom. The summed E-state index contributed by atoms with van der Waals surface area (Å²) < 4.78 is 0. The van der Waals surface area contributed by atoms with Crippen molar-refractivity contribution in [1.29, 1.82) is 0 Å². The number of aromatic nitrogens is 1. The van der Waals surface area contributed by atoms with Crippen molar-refractivity contribution in [2.24, 2.45) is 0 Å². The fraction of sp³-hybridized carbons (Fsp3) is 0.154. The summed E-state index contributed by atoms with van der Waals surface area (Å²) in [6.45, 7) is 4.13. The van der Waals surface area contributed by atoms with Crippen LogP contribution < -0.4 is 0 Å². The van der Waals surface area contributed by atoms with E-state index < -0.39 is 0 Å². The molecule has 0 bridgehead atoms. The zero-order valence-electron chi connectivity index (χ0n) is 8.74. The van der Waals surface area contributed by atoms with E-state index in [4.69, 9.17) is 0 Å². The Balaban J connectivity index is 0.00000112. The Bertz CT molecular complexity index is 435. The zero-order chi connectivity index (χ0) is 9.97. The first kappa shape index (κ1) is 12.1. The summed E-state index contributed by atoms with van der Waals surface area (Å²) in [6.07, 6.45) is 1.83. The molecule has 2 rings (SSSR count). The van der Waals surface area contributed by atoms with E-state index in [0.29, 0.717) is 0 Å². The van der Waals surface area contributed by atoms with Crippen molar-refractivity contribution >= 4 is 0 Å². The molecule has 0 fully saturated rings. The van der Waals surface area contributed by atoms with Gasteiger partial charge in [0.25, 0.3) is 0 Å². The largest absolute Gasteiger partial charge is 0.305 e. The van der Waals surface area contributed by atoms with Gasteiger partial charge >= 0.3 is 0 Å². The van der Waals surface area contributed by atoms with Crippen LogP contribution in [0.4, 0.5) is 0 Å². The van der Waals surface area contributed by atoms with E-state index >= 15 is 0 Å². The van der Waals surface area contributed by atoms with Gasteiger partial charge in [0, 0.05) is 26.3 Å². The maximum Gasteiger partial charge on any atom is 0.0163 e. The topological polar surface area (TPSA) is 12.9 Å². The molecule has 0 aliphatic rings. The minimum absolute atomic E-state index is 0. The van der Waals surface area contributed by atoms with Gasteiger partial charge in [0.1, 0.15) is 0 Å². The fourth-order valence-electron chi connectivity index (χ4n) is 1.35. The van der Waals surface area contributed by atoms with Gasteiger partial charge in [-0.25, -0.2) is 0 Å². The summed E-state index contributed by atoms with van der Waals surface area (Å²) in [6, 6.07) is 13.4. The van der Waals surface area contributed by atoms with Gasteiger partial charge in [-0.1, -0.05) is 18.6 Å². The number of nitrogens with zero attached hydrogens (tertiary/aromatic N) is 1. The van der Waals surface area contributed by atoms with Gasteiger partial charge in [0.05, 0.1) is 0 Å². The third-order valence-corrected chi connectivity index (χ3v) is 2.16. The van der Waals surface area contributed by atoms with Crippen LogP contribution in [0.5, 0.6) is 0 Å². The molecule has 0 aliphatic heterocycles. The van der Waals surface area contributed by atoms with Crippen molar-refractivity contribution in [3.8, 4) is 11.3 Å². The predicted octanol–water partition coefficient (Wildman–Crippen LogP) is 3.16. The molecule has 0 amide bonds. The molecule has 2 heteroatoms. The van der Waals surface area contributed by atoms with Gasteiger partial charge < -0.3 is 4.98 Å². The molecular weight excluding hydrogens is 362 g/mol. The molecule has 0 N–H and O–H groups in total. The Kier molecular flexibility index (Phi) is 4.19. The average Bonchev–Trinajstić information content (AvgIpc) is 2.19. The maximum absolute atomic E-state index is 4.31. The van der Waals surface area contributed by atoms with E-state index in [-0.39, 0.29) is 20.1 Å². The molecule has 0 atom stereocenters. The molecule has 0 saturated carbocycles. The summed E-state index contributed by atoms with van der Waals surface area (Å²) in [4.78, 5) is 4.31. The van der Waals surface area contributed by atoms with E-state index in [1.54, 1.807) is 0 Å². The van der Waals surface area contributed by atoms with Crippen LogP contribution in [-0.2, 0) is 20.1 Å². The first-order chi connectivity index (χ1) is 6.75. The molecule has 79 valence electrons. The van der Waals surface area contributed by atoms with Crippen molar-refractivity contribution in [3.63, 3.8) is 0 Å². The number of rotatable bonds is 1. The summed E-state index contributed by atoms with van der Waals surface area (Å²) in [7, 11) is 0. The number of benzene rings is 1. The normalized spacial score (nSPS) is 9.47. The van der Waals surface area contributed by atoms with Crippen molar-refractivity contribution in [2.45, 2.75) is 13.8 Å². The van der Waals surface area contributed by atoms with Crippen LogP contribution in [-0.4, -0.2) is 4.98 Å². The first-order valence-corrected chi connectivity index (χ1v) is 4.67. The fourth-order valence-corrected chi connectivity index (χ4v) is 1.35. The molecule has 1 aromatic heterocycles. The van der Waals surface area contributed by atoms with Crippen molar-refractivity contribution < 1.29 is 20.1 Å². The molecular formula is C13H12IrN-. The molecule has 0 spiro atoms. The number of pyridine rings is 1. The average molecular weight is 374 g/mol. The van der Waals surface area contributed by atoms with Gasteiger partial charge in [-0.3, -0.25) is 0 Å². The third-order valence-electron chi connectivity index (χ3n) is 2.16. The standard InChI is InChI=1S/C13H12N.Ir/c1-10-3-5-12(6-4-10)13-9-11(2)7-8-14-13;/h3-5,7-9H,1-2H3;/q-1;. The van der Waals surface area contributed by atoms with E-state index in [1.807, 2.05) is 18.3 Å². The second-order valence-electron chi connectivity index (χ2n) is 3.50. The van der Waals surface area contributed by atoms with E-state index in [2.05, 4.69) is 43.1 Å². The third kappa shape index (κ3) is 2.98. The quantitative estimate of drug-likeness (QED) is 0.699. The SMILES string of the molecule is Cc1c[c-]c(-c2cc(C)ccn2)cc1.[Ir]. The van der Waals surface area contributed by atoms with Gasteiger partial charge in [-0.15, -0.1) is 35.4 Å². The van der Waals surface area contributed by atoms with Crippen LogP contribution in [0.2, 0.25) is 0 Å². The number of aryl methyl sites for hydroxylation is 2. The Hall–Kier alpha value is -0.981. The Labute approximate surface area is 104 Å². The minimum atomic E-state index is 0. The Morgan fingerprint density at radius 2 is 1.87 bits per heavy atom.